The van der Waals surface area contributed by atoms with Crippen molar-refractivity contribution in [2.24, 2.45) is 23.2 Å². The Bertz CT molecular complexity index is 536. The molecule has 4 aliphatic rings. The molecule has 0 aromatic carbocycles. The molecule has 1 heterocycles. The predicted octanol–water partition coefficient (Wildman–Crippen LogP) is 4.39. The molecule has 0 unspecified atom stereocenters. The number of amides is 1. The van der Waals surface area contributed by atoms with E-state index in [2.05, 4.69) is 26.2 Å². The van der Waals surface area contributed by atoms with Gasteiger partial charge in [-0.15, -0.1) is 0 Å². The van der Waals surface area contributed by atoms with Crippen molar-refractivity contribution in [3.05, 3.63) is 22.8 Å². The number of carbonyl (C=O) groups excluding carboxylic acids is 1. The molecule has 4 fully saturated rings. The van der Waals surface area contributed by atoms with E-state index in [9.17, 15) is 4.79 Å². The van der Waals surface area contributed by atoms with Crippen LogP contribution in [-0.2, 0) is 4.79 Å². The summed E-state index contributed by atoms with van der Waals surface area (Å²) in [5, 5.41) is 2.98. The van der Waals surface area contributed by atoms with Crippen LogP contribution in [0.2, 0.25) is 0 Å². The Morgan fingerprint density at radius 1 is 1.24 bits per heavy atom. The van der Waals surface area contributed by atoms with Crippen molar-refractivity contribution in [2.75, 3.05) is 5.32 Å². The summed E-state index contributed by atoms with van der Waals surface area (Å²) < 4.78 is 0.947. The molecule has 0 radical (unpaired) electrons. The summed E-state index contributed by atoms with van der Waals surface area (Å²) in [6, 6.07) is 3.73. The third-order valence-electron chi connectivity index (χ3n) is 5.69. The number of anilines is 1. The van der Waals surface area contributed by atoms with Gasteiger partial charge < -0.3 is 5.32 Å². The summed E-state index contributed by atoms with van der Waals surface area (Å²) in [7, 11) is 0. The molecule has 5 rings (SSSR count). The lowest BCUT2D eigenvalue weighted by Crippen LogP contribution is -2.47. The van der Waals surface area contributed by atoms with Crippen molar-refractivity contribution >= 4 is 27.7 Å². The largest absolute Gasteiger partial charge is 0.311 e. The molecule has 0 saturated heterocycles. The second-order valence-corrected chi connectivity index (χ2v) is 8.42. The zero-order valence-corrected chi connectivity index (χ0v) is 13.7. The highest BCUT2D eigenvalue weighted by atomic mass is 79.9. The molecule has 4 aliphatic carbocycles. The molecular formula is C17H21BrN2O. The van der Waals surface area contributed by atoms with Crippen molar-refractivity contribution in [1.29, 1.82) is 0 Å². The van der Waals surface area contributed by atoms with Gasteiger partial charge in [0, 0.05) is 17.1 Å². The Kier molecular flexibility index (Phi) is 3.32. The van der Waals surface area contributed by atoms with Crippen LogP contribution in [0.3, 0.4) is 0 Å². The standard InChI is InChI=1S/C17H21BrN2O/c18-14-1-2-19-15(6-14)20-16(21)10-17-7-11-3-12(8-17)5-13(4-11)9-17/h1-2,6,11-13H,3-5,7-10H2,(H,19,20,21). The van der Waals surface area contributed by atoms with E-state index in [1.54, 1.807) is 6.20 Å². The Morgan fingerprint density at radius 2 is 1.86 bits per heavy atom. The fourth-order valence-electron chi connectivity index (χ4n) is 5.51. The lowest BCUT2D eigenvalue weighted by atomic mass is 9.49. The summed E-state index contributed by atoms with van der Waals surface area (Å²) >= 11 is 3.41. The lowest BCUT2D eigenvalue weighted by Gasteiger charge is -2.56. The number of pyridine rings is 1. The van der Waals surface area contributed by atoms with Crippen LogP contribution in [0.1, 0.15) is 44.9 Å². The second kappa shape index (κ2) is 5.08. The van der Waals surface area contributed by atoms with E-state index in [1.165, 1.54) is 38.5 Å². The number of halogens is 1. The van der Waals surface area contributed by atoms with Crippen molar-refractivity contribution in [1.82, 2.24) is 4.98 Å². The van der Waals surface area contributed by atoms with Gasteiger partial charge in [0.15, 0.2) is 0 Å². The van der Waals surface area contributed by atoms with Crippen LogP contribution in [-0.4, -0.2) is 10.9 Å². The first kappa shape index (κ1) is 13.7. The summed E-state index contributed by atoms with van der Waals surface area (Å²) in [6.45, 7) is 0. The molecule has 1 N–H and O–H groups in total. The van der Waals surface area contributed by atoms with Crippen LogP contribution in [0.4, 0.5) is 5.82 Å². The lowest BCUT2D eigenvalue weighted by molar-refractivity contribution is -0.124. The van der Waals surface area contributed by atoms with E-state index in [0.29, 0.717) is 17.7 Å². The first-order valence-electron chi connectivity index (χ1n) is 8.02. The smallest absolute Gasteiger partial charge is 0.226 e. The highest BCUT2D eigenvalue weighted by Crippen LogP contribution is 2.61. The van der Waals surface area contributed by atoms with E-state index in [-0.39, 0.29) is 5.91 Å². The average Bonchev–Trinajstić information content (AvgIpc) is 2.35. The molecule has 1 amide bonds. The summed E-state index contributed by atoms with van der Waals surface area (Å²) in [4.78, 5) is 16.7. The van der Waals surface area contributed by atoms with Crippen molar-refractivity contribution in [2.45, 2.75) is 44.9 Å². The van der Waals surface area contributed by atoms with Crippen LogP contribution >= 0.6 is 15.9 Å². The van der Waals surface area contributed by atoms with Crippen molar-refractivity contribution in [3.8, 4) is 0 Å². The fraction of sp³-hybridized carbons (Fsp3) is 0.647. The zero-order chi connectivity index (χ0) is 14.4. The molecule has 3 nitrogen and oxygen atoms in total. The van der Waals surface area contributed by atoms with Gasteiger partial charge in [-0.1, -0.05) is 15.9 Å². The van der Waals surface area contributed by atoms with Crippen LogP contribution in [0.5, 0.6) is 0 Å². The SMILES string of the molecule is O=C(CC12CC3CC(CC(C3)C1)C2)Nc1cc(Br)ccn1. The van der Waals surface area contributed by atoms with Gasteiger partial charge in [-0.2, -0.15) is 0 Å². The first-order chi connectivity index (χ1) is 10.1. The van der Waals surface area contributed by atoms with E-state index >= 15 is 0 Å². The van der Waals surface area contributed by atoms with E-state index in [1.807, 2.05) is 12.1 Å². The Morgan fingerprint density at radius 3 is 2.43 bits per heavy atom. The minimum atomic E-state index is 0.141. The zero-order valence-electron chi connectivity index (χ0n) is 12.1. The molecule has 4 saturated carbocycles. The average molecular weight is 349 g/mol. The van der Waals surface area contributed by atoms with Crippen LogP contribution < -0.4 is 5.32 Å². The normalized spacial score (nSPS) is 36.7. The molecule has 4 bridgehead atoms. The summed E-state index contributed by atoms with van der Waals surface area (Å²) in [5.74, 6) is 3.48. The van der Waals surface area contributed by atoms with Gasteiger partial charge in [-0.3, -0.25) is 4.79 Å². The fourth-order valence-corrected chi connectivity index (χ4v) is 5.84. The number of hydrogen-bond acceptors (Lipinski definition) is 2. The Labute approximate surface area is 134 Å². The van der Waals surface area contributed by atoms with Gasteiger partial charge in [0.2, 0.25) is 5.91 Å². The quantitative estimate of drug-likeness (QED) is 0.879. The molecule has 21 heavy (non-hydrogen) atoms. The number of nitrogens with one attached hydrogen (secondary N) is 1. The maximum Gasteiger partial charge on any atom is 0.226 e. The summed E-state index contributed by atoms with van der Waals surface area (Å²) in [6.07, 6.45) is 10.5. The molecule has 0 spiro atoms. The topological polar surface area (TPSA) is 42.0 Å². The van der Waals surface area contributed by atoms with E-state index < -0.39 is 0 Å². The van der Waals surface area contributed by atoms with Crippen molar-refractivity contribution < 1.29 is 4.79 Å². The number of rotatable bonds is 3. The summed E-state index contributed by atoms with van der Waals surface area (Å²) in [5.41, 5.74) is 0.296. The molecule has 4 heteroatoms. The van der Waals surface area contributed by atoms with Gasteiger partial charge in [0.05, 0.1) is 0 Å². The van der Waals surface area contributed by atoms with E-state index in [4.69, 9.17) is 0 Å². The molecule has 0 atom stereocenters. The minimum Gasteiger partial charge on any atom is -0.311 e. The predicted molar refractivity (Wildman–Crippen MR) is 85.8 cm³/mol. The second-order valence-electron chi connectivity index (χ2n) is 7.50. The number of aromatic nitrogens is 1. The molecule has 1 aromatic heterocycles. The third kappa shape index (κ3) is 2.75. The molecular weight excluding hydrogens is 328 g/mol. The van der Waals surface area contributed by atoms with E-state index in [0.717, 1.165) is 22.2 Å². The highest BCUT2D eigenvalue weighted by Gasteiger charge is 2.51. The molecule has 112 valence electrons. The van der Waals surface area contributed by atoms with Gasteiger partial charge in [0.25, 0.3) is 0 Å². The van der Waals surface area contributed by atoms with Crippen LogP contribution in [0.25, 0.3) is 0 Å². The monoisotopic (exact) mass is 348 g/mol. The maximum absolute atomic E-state index is 12.4. The molecule has 1 aromatic rings. The number of nitrogens with zero attached hydrogens (tertiary/aromatic N) is 1. The molecule has 0 aliphatic heterocycles. The maximum atomic E-state index is 12.4. The van der Waals surface area contributed by atoms with Crippen LogP contribution in [0, 0.1) is 23.2 Å². The van der Waals surface area contributed by atoms with Gasteiger partial charge >= 0.3 is 0 Å². The van der Waals surface area contributed by atoms with Gasteiger partial charge in [0.1, 0.15) is 5.82 Å². The Balaban J connectivity index is 1.45. The van der Waals surface area contributed by atoms with Crippen LogP contribution in [0.15, 0.2) is 22.8 Å². The Hall–Kier alpha value is -0.900. The third-order valence-corrected chi connectivity index (χ3v) is 6.18. The number of carbonyl (C=O) groups is 1. The minimum absolute atomic E-state index is 0.141. The number of hydrogen-bond donors (Lipinski definition) is 1. The highest BCUT2D eigenvalue weighted by molar-refractivity contribution is 9.10. The van der Waals surface area contributed by atoms with Gasteiger partial charge in [-0.05, 0) is 73.8 Å². The van der Waals surface area contributed by atoms with Crippen molar-refractivity contribution in [3.63, 3.8) is 0 Å². The first-order valence-corrected chi connectivity index (χ1v) is 8.81. The van der Waals surface area contributed by atoms with Gasteiger partial charge in [-0.25, -0.2) is 4.98 Å².